The van der Waals surface area contributed by atoms with Crippen LogP contribution in [0.1, 0.15) is 35.1 Å². The molecule has 4 rings (SSSR count). The molecule has 140 valence electrons. The van der Waals surface area contributed by atoms with E-state index in [1.54, 1.807) is 24.7 Å². The van der Waals surface area contributed by atoms with E-state index in [2.05, 4.69) is 46.4 Å². The molecule has 1 aliphatic heterocycles. The van der Waals surface area contributed by atoms with Gasteiger partial charge < -0.3 is 0 Å². The summed E-state index contributed by atoms with van der Waals surface area (Å²) in [5, 5.41) is 8.80. The first-order valence-corrected chi connectivity index (χ1v) is 9.53. The lowest BCUT2D eigenvalue weighted by Crippen LogP contribution is -2.25. The Balaban J connectivity index is 1.68. The summed E-state index contributed by atoms with van der Waals surface area (Å²) in [5.74, 6) is -0.251. The molecule has 0 saturated carbocycles. The number of hydrogen-bond acceptors (Lipinski definition) is 3. The smallest absolute Gasteiger partial charge is 0.137 e. The molecule has 0 radical (unpaired) electrons. The van der Waals surface area contributed by atoms with Gasteiger partial charge in [-0.2, -0.15) is 10.2 Å². The fourth-order valence-corrected chi connectivity index (χ4v) is 3.92. The lowest BCUT2D eigenvalue weighted by atomic mass is 9.77. The summed E-state index contributed by atoms with van der Waals surface area (Å²) in [6.45, 7) is 2.10. The first-order chi connectivity index (χ1) is 13.7. The van der Waals surface area contributed by atoms with E-state index in [4.69, 9.17) is 0 Å². The molecule has 0 amide bonds. The molecule has 1 aromatic heterocycles. The fraction of sp³-hybridized carbons (Fsp3) is 0.208. The molecule has 1 aliphatic rings. The van der Waals surface area contributed by atoms with Crippen LogP contribution in [0.15, 0.2) is 89.5 Å². The van der Waals surface area contributed by atoms with Crippen molar-refractivity contribution in [1.82, 2.24) is 4.98 Å². The van der Waals surface area contributed by atoms with Gasteiger partial charge in [0.25, 0.3) is 0 Å². The molecule has 2 heterocycles. The summed E-state index contributed by atoms with van der Waals surface area (Å²) < 4.78 is 14.8. The molecule has 0 saturated heterocycles. The Morgan fingerprint density at radius 2 is 1.79 bits per heavy atom. The van der Waals surface area contributed by atoms with Crippen molar-refractivity contribution >= 4 is 5.57 Å². The molecule has 1 atom stereocenters. The number of azo groups is 1. The van der Waals surface area contributed by atoms with E-state index in [1.165, 1.54) is 17.2 Å². The van der Waals surface area contributed by atoms with Gasteiger partial charge in [0.2, 0.25) is 0 Å². The fourth-order valence-electron chi connectivity index (χ4n) is 3.92. The van der Waals surface area contributed by atoms with Crippen LogP contribution in [0.4, 0.5) is 4.39 Å². The lowest BCUT2D eigenvalue weighted by molar-refractivity contribution is 0.470. The number of nitrogens with zero attached hydrogens (tertiary/aromatic N) is 3. The second-order valence-corrected chi connectivity index (χ2v) is 7.18. The number of hydrogen-bond donors (Lipinski definition) is 0. The second-order valence-electron chi connectivity index (χ2n) is 7.18. The van der Waals surface area contributed by atoms with Crippen LogP contribution < -0.4 is 0 Å². The van der Waals surface area contributed by atoms with Crippen LogP contribution in [0.25, 0.3) is 5.57 Å². The van der Waals surface area contributed by atoms with Crippen molar-refractivity contribution in [3.05, 3.63) is 107 Å². The molecule has 1 unspecified atom stereocenters. The highest BCUT2D eigenvalue weighted by atomic mass is 19.1. The number of pyridine rings is 1. The molecule has 3 aromatic rings. The summed E-state index contributed by atoms with van der Waals surface area (Å²) in [6, 6.07) is 19.3. The molecule has 0 N–H and O–H groups in total. The van der Waals surface area contributed by atoms with Crippen LogP contribution in [0, 0.1) is 12.7 Å². The van der Waals surface area contributed by atoms with Gasteiger partial charge in [0.15, 0.2) is 0 Å². The van der Waals surface area contributed by atoms with Gasteiger partial charge in [-0.15, -0.1) is 0 Å². The third-order valence-corrected chi connectivity index (χ3v) is 5.26. The van der Waals surface area contributed by atoms with Crippen molar-refractivity contribution in [2.75, 3.05) is 0 Å². The normalized spacial score (nSPS) is 18.3. The topological polar surface area (TPSA) is 37.6 Å². The molecule has 2 aromatic carbocycles. The molecular formula is C24H22FN3. The minimum atomic E-state index is -0.809. The monoisotopic (exact) mass is 371 g/mol. The average Bonchev–Trinajstić information content (AvgIpc) is 3.14. The zero-order valence-corrected chi connectivity index (χ0v) is 15.8. The number of aromatic nitrogens is 1. The van der Waals surface area contributed by atoms with E-state index in [9.17, 15) is 4.39 Å². The van der Waals surface area contributed by atoms with Crippen molar-refractivity contribution in [1.29, 1.82) is 0 Å². The SMILES string of the molecule is Cc1cccc(CCCC2(c3ccccc3F)N=NC=C2c2ccncc2)c1. The highest BCUT2D eigenvalue weighted by Crippen LogP contribution is 2.47. The maximum atomic E-state index is 14.8. The molecule has 0 bridgehead atoms. The van der Waals surface area contributed by atoms with Gasteiger partial charge in [0.1, 0.15) is 11.4 Å². The van der Waals surface area contributed by atoms with Crippen LogP contribution >= 0.6 is 0 Å². The quantitative estimate of drug-likeness (QED) is 0.504. The largest absolute Gasteiger partial charge is 0.265 e. The zero-order chi connectivity index (χ0) is 19.4. The Kier molecular flexibility index (Phi) is 5.11. The predicted octanol–water partition coefficient (Wildman–Crippen LogP) is 6.25. The number of benzene rings is 2. The van der Waals surface area contributed by atoms with Gasteiger partial charge in [-0.1, -0.05) is 48.0 Å². The first-order valence-electron chi connectivity index (χ1n) is 9.53. The molecule has 0 fully saturated rings. The van der Waals surface area contributed by atoms with Crippen molar-refractivity contribution in [3.8, 4) is 0 Å². The Morgan fingerprint density at radius 1 is 0.964 bits per heavy atom. The number of halogens is 1. The van der Waals surface area contributed by atoms with Crippen LogP contribution in [0.3, 0.4) is 0 Å². The third kappa shape index (κ3) is 3.50. The van der Waals surface area contributed by atoms with E-state index in [0.29, 0.717) is 12.0 Å². The van der Waals surface area contributed by atoms with Gasteiger partial charge in [-0.05, 0) is 55.5 Å². The van der Waals surface area contributed by atoms with Crippen molar-refractivity contribution < 1.29 is 4.39 Å². The number of aryl methyl sites for hydroxylation is 2. The second kappa shape index (κ2) is 7.85. The summed E-state index contributed by atoms with van der Waals surface area (Å²) in [7, 11) is 0. The van der Waals surface area contributed by atoms with Crippen molar-refractivity contribution in [2.24, 2.45) is 10.2 Å². The van der Waals surface area contributed by atoms with E-state index in [1.807, 2.05) is 24.3 Å². The third-order valence-electron chi connectivity index (χ3n) is 5.26. The van der Waals surface area contributed by atoms with Crippen LogP contribution in [-0.4, -0.2) is 4.98 Å². The molecule has 28 heavy (non-hydrogen) atoms. The van der Waals surface area contributed by atoms with E-state index >= 15 is 0 Å². The Hall–Kier alpha value is -3.14. The Labute approximate surface area is 164 Å². The molecule has 4 heteroatoms. The average molecular weight is 371 g/mol. The summed E-state index contributed by atoms with van der Waals surface area (Å²) in [5.41, 5.74) is 4.19. The predicted molar refractivity (Wildman–Crippen MR) is 109 cm³/mol. The molecule has 0 spiro atoms. The molecular weight excluding hydrogens is 349 g/mol. The molecule has 0 aliphatic carbocycles. The minimum Gasteiger partial charge on any atom is -0.265 e. The number of rotatable bonds is 6. The first kappa shape index (κ1) is 18.2. The van der Waals surface area contributed by atoms with E-state index in [-0.39, 0.29) is 5.82 Å². The van der Waals surface area contributed by atoms with E-state index < -0.39 is 5.54 Å². The van der Waals surface area contributed by atoms with Crippen molar-refractivity contribution in [3.63, 3.8) is 0 Å². The minimum absolute atomic E-state index is 0.251. The maximum Gasteiger partial charge on any atom is 0.137 e. The maximum absolute atomic E-state index is 14.8. The summed E-state index contributed by atoms with van der Waals surface area (Å²) in [6.07, 6.45) is 7.71. The van der Waals surface area contributed by atoms with Gasteiger partial charge in [-0.25, -0.2) is 4.39 Å². The standard InChI is InChI=1S/C24H22FN3/c1-18-6-4-7-19(16-18)8-5-13-24(21-9-2-3-10-23(21)25)22(17-27-28-24)20-11-14-26-15-12-20/h2-4,6-7,9-12,14-17H,5,8,13H2,1H3. The van der Waals surface area contributed by atoms with Gasteiger partial charge in [0.05, 0.1) is 6.20 Å². The summed E-state index contributed by atoms with van der Waals surface area (Å²) in [4.78, 5) is 4.10. The van der Waals surface area contributed by atoms with Gasteiger partial charge in [0, 0.05) is 23.5 Å². The highest BCUT2D eigenvalue weighted by molar-refractivity contribution is 5.76. The Morgan fingerprint density at radius 3 is 2.57 bits per heavy atom. The van der Waals surface area contributed by atoms with E-state index in [0.717, 1.165) is 24.0 Å². The van der Waals surface area contributed by atoms with Gasteiger partial charge >= 0.3 is 0 Å². The Bertz CT molecular complexity index is 1030. The van der Waals surface area contributed by atoms with Crippen LogP contribution in [0.2, 0.25) is 0 Å². The van der Waals surface area contributed by atoms with Gasteiger partial charge in [-0.3, -0.25) is 4.98 Å². The summed E-state index contributed by atoms with van der Waals surface area (Å²) >= 11 is 0. The molecule has 3 nitrogen and oxygen atoms in total. The van der Waals surface area contributed by atoms with Crippen LogP contribution in [0.5, 0.6) is 0 Å². The zero-order valence-electron chi connectivity index (χ0n) is 15.8. The van der Waals surface area contributed by atoms with Crippen molar-refractivity contribution in [2.45, 2.75) is 31.7 Å². The highest BCUT2D eigenvalue weighted by Gasteiger charge is 2.41. The van der Waals surface area contributed by atoms with Crippen LogP contribution in [-0.2, 0) is 12.0 Å². The lowest BCUT2D eigenvalue weighted by Gasteiger charge is -2.29.